The van der Waals surface area contributed by atoms with Gasteiger partial charge in [-0.1, -0.05) is 24.3 Å². The molecule has 5 nitrogen and oxygen atoms in total. The van der Waals surface area contributed by atoms with E-state index in [1.54, 1.807) is 28.9 Å². The van der Waals surface area contributed by atoms with Crippen LogP contribution >= 0.6 is 22.7 Å². The van der Waals surface area contributed by atoms with E-state index in [4.69, 9.17) is 0 Å². The lowest BCUT2D eigenvalue weighted by Crippen LogP contribution is -1.98. The summed E-state index contributed by atoms with van der Waals surface area (Å²) in [6.07, 6.45) is 4.67. The standard InChI is InChI=1S/C13H13N5S2/c1-2-6-15-13-18-17-12(20-13)10-8-16-11(19-10)9-5-3-4-7-14-9/h3-5,7-8H,2,6H2,1H3,(H,15,18). The van der Waals surface area contributed by atoms with Crippen molar-refractivity contribution in [2.75, 3.05) is 11.9 Å². The van der Waals surface area contributed by atoms with Crippen molar-refractivity contribution in [1.29, 1.82) is 0 Å². The van der Waals surface area contributed by atoms with Crippen LogP contribution in [-0.2, 0) is 0 Å². The SMILES string of the molecule is CCCNc1nnc(-c2cnc(-c3ccccn3)s2)s1. The number of hydrogen-bond donors (Lipinski definition) is 1. The van der Waals surface area contributed by atoms with Crippen molar-refractivity contribution in [3.63, 3.8) is 0 Å². The summed E-state index contributed by atoms with van der Waals surface area (Å²) in [4.78, 5) is 9.73. The zero-order chi connectivity index (χ0) is 13.8. The molecule has 0 aliphatic heterocycles. The fourth-order valence-electron chi connectivity index (χ4n) is 1.61. The van der Waals surface area contributed by atoms with Gasteiger partial charge in [-0.15, -0.1) is 21.5 Å². The first-order valence-electron chi connectivity index (χ1n) is 6.32. The Labute approximate surface area is 124 Å². The highest BCUT2D eigenvalue weighted by Crippen LogP contribution is 2.33. The molecule has 3 heterocycles. The van der Waals surface area contributed by atoms with Crippen LogP contribution < -0.4 is 5.32 Å². The molecule has 3 rings (SSSR count). The molecule has 1 N–H and O–H groups in total. The van der Waals surface area contributed by atoms with Crippen molar-refractivity contribution in [3.8, 4) is 20.6 Å². The normalized spacial score (nSPS) is 10.7. The second-order valence-corrected chi connectivity index (χ2v) is 6.09. The molecule has 0 amide bonds. The van der Waals surface area contributed by atoms with Gasteiger partial charge in [0, 0.05) is 18.9 Å². The topological polar surface area (TPSA) is 63.6 Å². The van der Waals surface area contributed by atoms with E-state index in [2.05, 4.69) is 32.4 Å². The predicted octanol–water partition coefficient (Wildman–Crippen LogP) is 3.55. The molecule has 0 radical (unpaired) electrons. The molecule has 0 aliphatic carbocycles. The van der Waals surface area contributed by atoms with Crippen LogP contribution in [0.15, 0.2) is 30.6 Å². The van der Waals surface area contributed by atoms with Crippen LogP contribution in [0.2, 0.25) is 0 Å². The number of anilines is 1. The van der Waals surface area contributed by atoms with Gasteiger partial charge in [0.2, 0.25) is 5.13 Å². The van der Waals surface area contributed by atoms with Crippen molar-refractivity contribution in [1.82, 2.24) is 20.2 Å². The molecule has 0 saturated carbocycles. The minimum atomic E-state index is 0.856. The average Bonchev–Trinajstić information content (AvgIpc) is 3.15. The molecule has 0 atom stereocenters. The summed E-state index contributed by atoms with van der Waals surface area (Å²) in [6.45, 7) is 3.04. The summed E-state index contributed by atoms with van der Waals surface area (Å²) in [5.74, 6) is 0. The first-order chi connectivity index (χ1) is 9.86. The van der Waals surface area contributed by atoms with Crippen molar-refractivity contribution >= 4 is 27.8 Å². The molecule has 0 fully saturated rings. The van der Waals surface area contributed by atoms with E-state index < -0.39 is 0 Å². The van der Waals surface area contributed by atoms with Gasteiger partial charge in [0.25, 0.3) is 0 Å². The van der Waals surface area contributed by atoms with E-state index in [0.29, 0.717) is 0 Å². The van der Waals surface area contributed by atoms with Gasteiger partial charge in [-0.3, -0.25) is 4.98 Å². The lowest BCUT2D eigenvalue weighted by atomic mass is 10.4. The first kappa shape index (κ1) is 13.1. The maximum absolute atomic E-state index is 4.41. The lowest BCUT2D eigenvalue weighted by molar-refractivity contribution is 0.964. The summed E-state index contributed by atoms with van der Waals surface area (Å²) >= 11 is 3.13. The van der Waals surface area contributed by atoms with Gasteiger partial charge in [-0.25, -0.2) is 4.98 Å². The largest absolute Gasteiger partial charge is 0.360 e. The molecule has 0 unspecified atom stereocenters. The Morgan fingerprint density at radius 2 is 2.05 bits per heavy atom. The number of pyridine rings is 1. The van der Waals surface area contributed by atoms with Crippen molar-refractivity contribution < 1.29 is 0 Å². The molecular weight excluding hydrogens is 290 g/mol. The van der Waals surface area contributed by atoms with Crippen LogP contribution in [0.1, 0.15) is 13.3 Å². The lowest BCUT2D eigenvalue weighted by Gasteiger charge is -1.95. The molecule has 102 valence electrons. The smallest absolute Gasteiger partial charge is 0.206 e. The Balaban J connectivity index is 1.81. The molecular formula is C13H13N5S2. The van der Waals surface area contributed by atoms with Gasteiger partial charge in [-0.05, 0) is 18.6 Å². The number of hydrogen-bond acceptors (Lipinski definition) is 7. The predicted molar refractivity (Wildman–Crippen MR) is 83.0 cm³/mol. The van der Waals surface area contributed by atoms with Gasteiger partial charge in [0.1, 0.15) is 5.01 Å². The summed E-state index contributed by atoms with van der Waals surface area (Å²) in [5.41, 5.74) is 0.887. The Morgan fingerprint density at radius 1 is 1.10 bits per heavy atom. The van der Waals surface area contributed by atoms with E-state index in [9.17, 15) is 0 Å². The minimum Gasteiger partial charge on any atom is -0.360 e. The third kappa shape index (κ3) is 2.83. The fraction of sp³-hybridized carbons (Fsp3) is 0.231. The number of thiazole rings is 1. The van der Waals surface area contributed by atoms with Gasteiger partial charge < -0.3 is 5.32 Å². The first-order valence-corrected chi connectivity index (χ1v) is 7.95. The highest BCUT2D eigenvalue weighted by molar-refractivity contribution is 7.24. The van der Waals surface area contributed by atoms with Crippen molar-refractivity contribution in [2.45, 2.75) is 13.3 Å². The molecule has 0 aliphatic rings. The zero-order valence-electron chi connectivity index (χ0n) is 10.9. The third-order valence-electron chi connectivity index (χ3n) is 2.55. The fourth-order valence-corrected chi connectivity index (χ4v) is 3.30. The third-order valence-corrected chi connectivity index (χ3v) is 4.62. The van der Waals surface area contributed by atoms with Gasteiger partial charge in [-0.2, -0.15) is 0 Å². The Hall–Kier alpha value is -1.86. The summed E-state index contributed by atoms with van der Waals surface area (Å²) in [7, 11) is 0. The van der Waals surface area contributed by atoms with E-state index in [1.807, 2.05) is 24.4 Å². The second kappa shape index (κ2) is 6.06. The van der Waals surface area contributed by atoms with Gasteiger partial charge in [0.05, 0.1) is 10.6 Å². The van der Waals surface area contributed by atoms with Crippen LogP contribution in [0, 0.1) is 0 Å². The van der Waals surface area contributed by atoms with Crippen molar-refractivity contribution in [2.24, 2.45) is 0 Å². The molecule has 0 spiro atoms. The molecule has 7 heteroatoms. The Kier molecular flexibility index (Phi) is 3.98. The maximum Gasteiger partial charge on any atom is 0.206 e. The number of nitrogens with one attached hydrogen (secondary N) is 1. The van der Waals surface area contributed by atoms with Gasteiger partial charge >= 0.3 is 0 Å². The van der Waals surface area contributed by atoms with E-state index >= 15 is 0 Å². The van der Waals surface area contributed by atoms with E-state index in [-0.39, 0.29) is 0 Å². The van der Waals surface area contributed by atoms with Crippen LogP contribution in [-0.4, -0.2) is 26.7 Å². The van der Waals surface area contributed by atoms with Crippen LogP contribution in [0.3, 0.4) is 0 Å². The molecule has 0 aromatic carbocycles. The highest BCUT2D eigenvalue weighted by Gasteiger charge is 2.11. The highest BCUT2D eigenvalue weighted by atomic mass is 32.1. The number of aromatic nitrogens is 4. The van der Waals surface area contributed by atoms with Crippen LogP contribution in [0.5, 0.6) is 0 Å². The number of nitrogens with zero attached hydrogens (tertiary/aromatic N) is 4. The Bertz CT molecular complexity index is 677. The van der Waals surface area contributed by atoms with E-state index in [1.165, 1.54) is 0 Å². The molecule has 0 saturated heterocycles. The molecule has 20 heavy (non-hydrogen) atoms. The van der Waals surface area contributed by atoms with Crippen LogP contribution in [0.25, 0.3) is 20.6 Å². The zero-order valence-corrected chi connectivity index (χ0v) is 12.5. The average molecular weight is 303 g/mol. The van der Waals surface area contributed by atoms with E-state index in [0.717, 1.165) is 38.7 Å². The second-order valence-electron chi connectivity index (χ2n) is 4.08. The minimum absolute atomic E-state index is 0.856. The quantitative estimate of drug-likeness (QED) is 0.781. The van der Waals surface area contributed by atoms with Gasteiger partial charge in [0.15, 0.2) is 5.01 Å². The molecule has 3 aromatic rings. The van der Waals surface area contributed by atoms with Crippen molar-refractivity contribution in [3.05, 3.63) is 30.6 Å². The summed E-state index contributed by atoms with van der Waals surface area (Å²) < 4.78 is 0. The maximum atomic E-state index is 4.41. The summed E-state index contributed by atoms with van der Waals surface area (Å²) in [5, 5.41) is 14.2. The monoisotopic (exact) mass is 303 g/mol. The molecule has 0 bridgehead atoms. The molecule has 3 aromatic heterocycles. The Morgan fingerprint density at radius 3 is 2.85 bits per heavy atom. The number of rotatable bonds is 5. The summed E-state index contributed by atoms with van der Waals surface area (Å²) in [6, 6.07) is 5.81. The van der Waals surface area contributed by atoms with Crippen LogP contribution in [0.4, 0.5) is 5.13 Å².